The van der Waals surface area contributed by atoms with Crippen molar-refractivity contribution in [2.24, 2.45) is 17.1 Å². The van der Waals surface area contributed by atoms with E-state index in [1.807, 2.05) is 0 Å². The Morgan fingerprint density at radius 1 is 1.35 bits per heavy atom. The van der Waals surface area contributed by atoms with Crippen molar-refractivity contribution in [3.8, 4) is 0 Å². The van der Waals surface area contributed by atoms with Crippen LogP contribution >= 0.6 is 0 Å². The second-order valence-electron chi connectivity index (χ2n) is 6.55. The molecule has 1 aliphatic carbocycles. The minimum atomic E-state index is 0.0187. The highest BCUT2D eigenvalue weighted by Crippen LogP contribution is 2.37. The maximum absolute atomic E-state index is 6.42. The first-order valence-corrected chi connectivity index (χ1v) is 8.17. The van der Waals surface area contributed by atoms with E-state index in [9.17, 15) is 0 Å². The summed E-state index contributed by atoms with van der Waals surface area (Å²) < 4.78 is 6.42. The SMILES string of the molecule is C/C=C\C(O[C@H]1CCC[C@@H]1N)[C@@](C)(/C=C\CC)C(C)C. The van der Waals surface area contributed by atoms with Gasteiger partial charge in [0.2, 0.25) is 0 Å². The van der Waals surface area contributed by atoms with Crippen LogP contribution in [-0.2, 0) is 4.74 Å². The van der Waals surface area contributed by atoms with E-state index in [0.29, 0.717) is 5.92 Å². The first-order valence-electron chi connectivity index (χ1n) is 8.17. The van der Waals surface area contributed by atoms with E-state index < -0.39 is 0 Å². The van der Waals surface area contributed by atoms with Crippen molar-refractivity contribution in [2.75, 3.05) is 0 Å². The van der Waals surface area contributed by atoms with Gasteiger partial charge in [0.05, 0.1) is 12.2 Å². The molecule has 1 unspecified atom stereocenters. The Kier molecular flexibility index (Phi) is 6.97. The lowest BCUT2D eigenvalue weighted by Crippen LogP contribution is -2.42. The molecule has 0 aromatic heterocycles. The smallest absolute Gasteiger partial charge is 0.0850 e. The predicted molar refractivity (Wildman–Crippen MR) is 87.7 cm³/mol. The lowest BCUT2D eigenvalue weighted by molar-refractivity contribution is -0.0516. The van der Waals surface area contributed by atoms with Gasteiger partial charge < -0.3 is 10.5 Å². The topological polar surface area (TPSA) is 35.2 Å². The highest BCUT2D eigenvalue weighted by atomic mass is 16.5. The molecule has 0 aliphatic heterocycles. The minimum Gasteiger partial charge on any atom is -0.368 e. The first kappa shape index (κ1) is 17.5. The van der Waals surface area contributed by atoms with Crippen LogP contribution in [0, 0.1) is 11.3 Å². The van der Waals surface area contributed by atoms with Gasteiger partial charge in [0.1, 0.15) is 0 Å². The first-order chi connectivity index (χ1) is 9.45. The van der Waals surface area contributed by atoms with E-state index in [2.05, 4.69) is 58.9 Å². The second kappa shape index (κ2) is 7.99. The minimum absolute atomic E-state index is 0.0187. The van der Waals surface area contributed by atoms with Gasteiger partial charge in [-0.25, -0.2) is 0 Å². The lowest BCUT2D eigenvalue weighted by Gasteiger charge is -2.39. The largest absolute Gasteiger partial charge is 0.368 e. The molecule has 116 valence electrons. The third kappa shape index (κ3) is 4.20. The molecule has 2 heteroatoms. The van der Waals surface area contributed by atoms with Gasteiger partial charge in [-0.3, -0.25) is 0 Å². The number of hydrogen-bond donors (Lipinski definition) is 1. The summed E-state index contributed by atoms with van der Waals surface area (Å²) in [5, 5.41) is 0. The van der Waals surface area contributed by atoms with Gasteiger partial charge in [-0.15, -0.1) is 0 Å². The zero-order chi connectivity index (χ0) is 15.2. The molecule has 0 spiro atoms. The van der Waals surface area contributed by atoms with Crippen LogP contribution in [0.4, 0.5) is 0 Å². The van der Waals surface area contributed by atoms with Crippen LogP contribution in [0.5, 0.6) is 0 Å². The van der Waals surface area contributed by atoms with Gasteiger partial charge in [-0.1, -0.05) is 52.0 Å². The summed E-state index contributed by atoms with van der Waals surface area (Å²) in [5.41, 5.74) is 6.19. The zero-order valence-electron chi connectivity index (χ0n) is 13.9. The Hall–Kier alpha value is -0.600. The fraction of sp³-hybridized carbons (Fsp3) is 0.778. The molecular formula is C18H33NO. The van der Waals surface area contributed by atoms with Gasteiger partial charge in [0, 0.05) is 11.5 Å². The molecule has 20 heavy (non-hydrogen) atoms. The molecule has 0 radical (unpaired) electrons. The maximum Gasteiger partial charge on any atom is 0.0850 e. The summed E-state index contributed by atoms with van der Waals surface area (Å²) in [6.45, 7) is 11.1. The van der Waals surface area contributed by atoms with Crippen molar-refractivity contribution < 1.29 is 4.74 Å². The van der Waals surface area contributed by atoms with Gasteiger partial charge in [0.25, 0.3) is 0 Å². The van der Waals surface area contributed by atoms with Crippen molar-refractivity contribution >= 4 is 0 Å². The summed E-state index contributed by atoms with van der Waals surface area (Å²) in [6.07, 6.45) is 13.7. The van der Waals surface area contributed by atoms with Crippen molar-refractivity contribution in [2.45, 2.75) is 78.6 Å². The highest BCUT2D eigenvalue weighted by Gasteiger charge is 2.37. The Bertz CT molecular complexity index is 334. The summed E-state index contributed by atoms with van der Waals surface area (Å²) >= 11 is 0. The predicted octanol–water partition coefficient (Wildman–Crippen LogP) is 4.46. The fourth-order valence-electron chi connectivity index (χ4n) is 2.87. The Morgan fingerprint density at radius 2 is 2.05 bits per heavy atom. The molecule has 1 saturated carbocycles. The molecule has 0 saturated heterocycles. The van der Waals surface area contributed by atoms with E-state index in [0.717, 1.165) is 19.3 Å². The van der Waals surface area contributed by atoms with Gasteiger partial charge in [0.15, 0.2) is 0 Å². The summed E-state index contributed by atoms with van der Waals surface area (Å²) in [7, 11) is 0. The normalized spacial score (nSPS) is 28.6. The van der Waals surface area contributed by atoms with Crippen molar-refractivity contribution in [3.05, 3.63) is 24.3 Å². The quantitative estimate of drug-likeness (QED) is 0.698. The lowest BCUT2D eigenvalue weighted by atomic mass is 9.73. The number of ether oxygens (including phenoxy) is 1. The Morgan fingerprint density at radius 3 is 2.50 bits per heavy atom. The molecule has 1 aliphatic rings. The third-order valence-electron chi connectivity index (χ3n) is 4.76. The van der Waals surface area contributed by atoms with Crippen LogP contribution in [0.2, 0.25) is 0 Å². The molecule has 0 aromatic rings. The number of rotatable bonds is 7. The van der Waals surface area contributed by atoms with Crippen molar-refractivity contribution in [3.63, 3.8) is 0 Å². The zero-order valence-corrected chi connectivity index (χ0v) is 13.9. The molecular weight excluding hydrogens is 246 g/mol. The van der Waals surface area contributed by atoms with Gasteiger partial charge in [-0.05, 0) is 38.5 Å². The molecule has 4 atom stereocenters. The van der Waals surface area contributed by atoms with Crippen molar-refractivity contribution in [1.82, 2.24) is 0 Å². The van der Waals surface area contributed by atoms with Crippen LogP contribution < -0.4 is 5.73 Å². The Labute approximate surface area is 125 Å². The molecule has 0 heterocycles. The fourth-order valence-corrected chi connectivity index (χ4v) is 2.87. The van der Waals surface area contributed by atoms with Crippen LogP contribution in [0.3, 0.4) is 0 Å². The maximum atomic E-state index is 6.42. The van der Waals surface area contributed by atoms with Crippen molar-refractivity contribution in [1.29, 1.82) is 0 Å². The van der Waals surface area contributed by atoms with E-state index in [1.165, 1.54) is 6.42 Å². The molecule has 1 rings (SSSR count). The van der Waals surface area contributed by atoms with Crippen LogP contribution in [0.15, 0.2) is 24.3 Å². The van der Waals surface area contributed by atoms with E-state index in [1.54, 1.807) is 0 Å². The van der Waals surface area contributed by atoms with Crippen LogP contribution in [0.25, 0.3) is 0 Å². The van der Waals surface area contributed by atoms with E-state index in [4.69, 9.17) is 10.5 Å². The second-order valence-corrected chi connectivity index (χ2v) is 6.55. The average Bonchev–Trinajstić information content (AvgIpc) is 2.81. The molecule has 2 N–H and O–H groups in total. The van der Waals surface area contributed by atoms with E-state index >= 15 is 0 Å². The molecule has 2 nitrogen and oxygen atoms in total. The molecule has 0 bridgehead atoms. The van der Waals surface area contributed by atoms with Gasteiger partial charge >= 0.3 is 0 Å². The molecule has 1 fully saturated rings. The Balaban J connectivity index is 2.92. The molecule has 0 amide bonds. The monoisotopic (exact) mass is 279 g/mol. The third-order valence-corrected chi connectivity index (χ3v) is 4.76. The number of allylic oxidation sites excluding steroid dienone is 2. The summed E-state index contributed by atoms with van der Waals surface area (Å²) in [5.74, 6) is 0.518. The van der Waals surface area contributed by atoms with Crippen LogP contribution in [0.1, 0.15) is 60.3 Å². The van der Waals surface area contributed by atoms with E-state index in [-0.39, 0.29) is 23.7 Å². The highest BCUT2D eigenvalue weighted by molar-refractivity contribution is 5.10. The average molecular weight is 279 g/mol. The number of hydrogen-bond acceptors (Lipinski definition) is 2. The molecule has 0 aromatic carbocycles. The van der Waals surface area contributed by atoms with Crippen LogP contribution in [-0.4, -0.2) is 18.2 Å². The van der Waals surface area contributed by atoms with Gasteiger partial charge in [-0.2, -0.15) is 0 Å². The summed E-state index contributed by atoms with van der Waals surface area (Å²) in [4.78, 5) is 0. The standard InChI is InChI=1S/C18H33NO/c1-6-8-13-18(5,14(3)4)17(10-7-2)20-16-12-9-11-15(16)19/h7-8,10,13-17H,6,9,11-12,19H2,1-5H3/b10-7-,13-8-/t15-,16-,17?,18-/m0/s1. The number of nitrogens with two attached hydrogens (primary N) is 1. The summed E-state index contributed by atoms with van der Waals surface area (Å²) in [6, 6.07) is 0.203.